The molecule has 1 atom stereocenters. The van der Waals surface area contributed by atoms with Crippen LogP contribution in [0.5, 0.6) is 0 Å². The summed E-state index contributed by atoms with van der Waals surface area (Å²) in [5, 5.41) is 6.10. The molecule has 0 radical (unpaired) electrons. The fourth-order valence-corrected chi connectivity index (χ4v) is 4.26. The Morgan fingerprint density at radius 3 is 2.85 bits per heavy atom. The zero-order valence-electron chi connectivity index (χ0n) is 14.3. The predicted molar refractivity (Wildman–Crippen MR) is 102 cm³/mol. The highest BCUT2D eigenvalue weighted by molar-refractivity contribution is 7.17. The first-order valence-electron chi connectivity index (χ1n) is 8.35. The van der Waals surface area contributed by atoms with Crippen molar-refractivity contribution in [2.24, 2.45) is 0 Å². The molecule has 2 amide bonds. The van der Waals surface area contributed by atoms with Crippen molar-refractivity contribution in [3.05, 3.63) is 65.0 Å². The number of carbonyl (C=O) groups excluding carboxylic acids is 2. The Labute approximate surface area is 155 Å². The number of thiophene rings is 1. The van der Waals surface area contributed by atoms with E-state index in [2.05, 4.69) is 5.32 Å². The Bertz CT molecular complexity index is 982. The molecule has 0 aliphatic carbocycles. The van der Waals surface area contributed by atoms with Crippen LogP contribution in [0, 0.1) is 0 Å². The molecule has 1 unspecified atom stereocenters. The highest BCUT2D eigenvalue weighted by Crippen LogP contribution is 2.31. The van der Waals surface area contributed by atoms with Crippen molar-refractivity contribution in [3.8, 4) is 0 Å². The van der Waals surface area contributed by atoms with E-state index in [-0.39, 0.29) is 12.0 Å². The number of hydrogen-bond acceptors (Lipinski definition) is 4. The molecule has 0 fully saturated rings. The third-order valence-electron chi connectivity index (χ3n) is 4.69. The highest BCUT2D eigenvalue weighted by atomic mass is 32.1. The number of fused-ring (bicyclic) bond motifs is 2. The summed E-state index contributed by atoms with van der Waals surface area (Å²) in [7, 11) is 1.38. The van der Waals surface area contributed by atoms with E-state index in [0.717, 1.165) is 26.9 Å². The highest BCUT2D eigenvalue weighted by Gasteiger charge is 2.33. The third-order valence-corrected chi connectivity index (χ3v) is 5.65. The minimum atomic E-state index is -0.465. The van der Waals surface area contributed by atoms with Crippen molar-refractivity contribution in [2.75, 3.05) is 19.0 Å². The average Bonchev–Trinajstić information content (AvgIpc) is 3.16. The maximum Gasteiger partial charge on any atom is 0.322 e. The number of esters is 1. The SMILES string of the molecule is COC(=O)C1CN(C(=O)Nc2cccc3ccsc23)Cc2ccccc21. The van der Waals surface area contributed by atoms with Crippen molar-refractivity contribution >= 4 is 39.1 Å². The number of carbonyl (C=O) groups is 2. The van der Waals surface area contributed by atoms with Crippen LogP contribution < -0.4 is 5.32 Å². The van der Waals surface area contributed by atoms with E-state index in [0.29, 0.717) is 13.1 Å². The second-order valence-corrected chi connectivity index (χ2v) is 7.15. The summed E-state index contributed by atoms with van der Waals surface area (Å²) in [5.41, 5.74) is 2.69. The molecule has 0 bridgehead atoms. The van der Waals surface area contributed by atoms with Gasteiger partial charge < -0.3 is 15.0 Å². The van der Waals surface area contributed by atoms with E-state index < -0.39 is 5.92 Å². The third kappa shape index (κ3) is 2.93. The molecule has 26 heavy (non-hydrogen) atoms. The predicted octanol–water partition coefficient (Wildman–Crippen LogP) is 4.21. The van der Waals surface area contributed by atoms with Gasteiger partial charge in [0.05, 0.1) is 23.4 Å². The Morgan fingerprint density at radius 1 is 1.15 bits per heavy atom. The number of methoxy groups -OCH3 is 1. The van der Waals surface area contributed by atoms with Crippen molar-refractivity contribution < 1.29 is 14.3 Å². The zero-order chi connectivity index (χ0) is 18.1. The monoisotopic (exact) mass is 366 g/mol. The van der Waals surface area contributed by atoms with Gasteiger partial charge in [-0.2, -0.15) is 0 Å². The molecule has 2 heterocycles. The zero-order valence-corrected chi connectivity index (χ0v) is 15.1. The van der Waals surface area contributed by atoms with Gasteiger partial charge in [-0.25, -0.2) is 4.79 Å². The van der Waals surface area contributed by atoms with Crippen LogP contribution in [0.3, 0.4) is 0 Å². The van der Waals surface area contributed by atoms with E-state index in [4.69, 9.17) is 4.74 Å². The number of nitrogens with zero attached hydrogens (tertiary/aromatic N) is 1. The molecule has 0 saturated carbocycles. The van der Waals surface area contributed by atoms with E-state index in [9.17, 15) is 9.59 Å². The lowest BCUT2D eigenvalue weighted by molar-refractivity contribution is -0.143. The Hall–Kier alpha value is -2.86. The number of ether oxygens (including phenoxy) is 1. The first kappa shape index (κ1) is 16.6. The number of urea groups is 1. The van der Waals surface area contributed by atoms with Crippen LogP contribution in [0.15, 0.2) is 53.9 Å². The van der Waals surface area contributed by atoms with E-state index in [1.165, 1.54) is 7.11 Å². The number of benzene rings is 2. The summed E-state index contributed by atoms with van der Waals surface area (Å²) >= 11 is 1.59. The van der Waals surface area contributed by atoms with Crippen molar-refractivity contribution in [3.63, 3.8) is 0 Å². The molecule has 1 aliphatic heterocycles. The topological polar surface area (TPSA) is 58.6 Å². The molecule has 1 aliphatic rings. The fourth-order valence-electron chi connectivity index (χ4n) is 3.39. The molecule has 2 aromatic carbocycles. The summed E-state index contributed by atoms with van der Waals surface area (Å²) in [6, 6.07) is 15.4. The van der Waals surface area contributed by atoms with E-state index in [1.54, 1.807) is 16.2 Å². The van der Waals surface area contributed by atoms with Gasteiger partial charge in [-0.15, -0.1) is 11.3 Å². The largest absolute Gasteiger partial charge is 0.468 e. The van der Waals surface area contributed by atoms with Crippen LogP contribution in [-0.2, 0) is 16.1 Å². The van der Waals surface area contributed by atoms with E-state index in [1.807, 2.05) is 53.9 Å². The van der Waals surface area contributed by atoms with Gasteiger partial charge in [-0.05, 0) is 34.0 Å². The maximum absolute atomic E-state index is 12.9. The number of anilines is 1. The average molecular weight is 366 g/mol. The van der Waals surface area contributed by atoms with Crippen LogP contribution in [0.2, 0.25) is 0 Å². The van der Waals surface area contributed by atoms with Gasteiger partial charge in [-0.1, -0.05) is 36.4 Å². The summed E-state index contributed by atoms with van der Waals surface area (Å²) in [5.74, 6) is -0.788. The quantitative estimate of drug-likeness (QED) is 0.691. The van der Waals surface area contributed by atoms with Gasteiger partial charge in [0.1, 0.15) is 0 Å². The van der Waals surface area contributed by atoms with Crippen molar-refractivity contribution in [1.29, 1.82) is 0 Å². The summed E-state index contributed by atoms with van der Waals surface area (Å²) in [6.45, 7) is 0.770. The van der Waals surface area contributed by atoms with Gasteiger partial charge in [0.25, 0.3) is 0 Å². The second-order valence-electron chi connectivity index (χ2n) is 6.23. The maximum atomic E-state index is 12.9. The molecule has 3 aromatic rings. The normalized spacial score (nSPS) is 16.2. The number of rotatable bonds is 2. The minimum absolute atomic E-state index is 0.214. The van der Waals surface area contributed by atoms with Gasteiger partial charge >= 0.3 is 12.0 Å². The van der Waals surface area contributed by atoms with Gasteiger partial charge in [0.15, 0.2) is 0 Å². The lowest BCUT2D eigenvalue weighted by Crippen LogP contribution is -2.43. The molecule has 4 rings (SSSR count). The Balaban J connectivity index is 1.61. The Morgan fingerprint density at radius 2 is 2.00 bits per heavy atom. The number of nitrogens with one attached hydrogen (secondary N) is 1. The molecule has 1 N–H and O–H groups in total. The molecular weight excluding hydrogens is 348 g/mol. The summed E-state index contributed by atoms with van der Waals surface area (Å²) < 4.78 is 5.99. The summed E-state index contributed by atoms with van der Waals surface area (Å²) in [6.07, 6.45) is 0. The lowest BCUT2D eigenvalue weighted by Gasteiger charge is -2.33. The molecule has 5 nitrogen and oxygen atoms in total. The first-order chi connectivity index (χ1) is 12.7. The van der Waals surface area contributed by atoms with Crippen LogP contribution in [0.4, 0.5) is 10.5 Å². The standard InChI is InChI=1S/C20H18N2O3S/c1-25-19(23)16-12-22(11-14-5-2-3-7-15(14)16)20(24)21-17-8-4-6-13-9-10-26-18(13)17/h2-10,16H,11-12H2,1H3,(H,21,24). The number of amides is 2. The number of hydrogen-bond donors (Lipinski definition) is 1. The van der Waals surface area contributed by atoms with Crippen molar-refractivity contribution in [2.45, 2.75) is 12.5 Å². The molecule has 0 spiro atoms. The Kier molecular flexibility index (Phi) is 4.34. The fraction of sp³-hybridized carbons (Fsp3) is 0.200. The van der Waals surface area contributed by atoms with Gasteiger partial charge in [0, 0.05) is 13.1 Å². The van der Waals surface area contributed by atoms with Crippen LogP contribution in [0.25, 0.3) is 10.1 Å². The molecule has 1 aromatic heterocycles. The second kappa shape index (κ2) is 6.80. The molecule has 6 heteroatoms. The van der Waals surface area contributed by atoms with Crippen LogP contribution in [-0.4, -0.2) is 30.6 Å². The molecular formula is C20H18N2O3S. The van der Waals surface area contributed by atoms with Crippen LogP contribution >= 0.6 is 11.3 Å². The smallest absolute Gasteiger partial charge is 0.322 e. The summed E-state index contributed by atoms with van der Waals surface area (Å²) in [4.78, 5) is 26.7. The molecule has 132 valence electrons. The molecule has 0 saturated heterocycles. The van der Waals surface area contributed by atoms with E-state index >= 15 is 0 Å². The van der Waals surface area contributed by atoms with Crippen molar-refractivity contribution in [1.82, 2.24) is 4.90 Å². The van der Waals surface area contributed by atoms with Crippen LogP contribution in [0.1, 0.15) is 17.0 Å². The van der Waals surface area contributed by atoms with Gasteiger partial charge in [0.2, 0.25) is 0 Å². The minimum Gasteiger partial charge on any atom is -0.468 e. The van der Waals surface area contributed by atoms with Gasteiger partial charge in [-0.3, -0.25) is 4.79 Å². The first-order valence-corrected chi connectivity index (χ1v) is 9.23. The lowest BCUT2D eigenvalue weighted by atomic mass is 9.90.